The molecule has 1 aromatic carbocycles. The predicted octanol–water partition coefficient (Wildman–Crippen LogP) is 2.46. The highest BCUT2D eigenvalue weighted by Gasteiger charge is 2.49. The monoisotopic (exact) mass is 509 g/mol. The van der Waals surface area contributed by atoms with E-state index in [-0.39, 0.29) is 54.4 Å². The van der Waals surface area contributed by atoms with Gasteiger partial charge in [0.05, 0.1) is 11.1 Å². The molecule has 0 radical (unpaired) electrons. The highest BCUT2D eigenvalue weighted by atomic mass is 35.5. The molecule has 4 rings (SSSR count). The average Bonchev–Trinajstić information content (AvgIpc) is 3.48. The first-order valence-electron chi connectivity index (χ1n) is 11.7. The Hall–Kier alpha value is -2.32. The summed E-state index contributed by atoms with van der Waals surface area (Å²) in [6.45, 7) is 2.73. The Balaban J connectivity index is 1.43. The molecule has 0 aromatic heterocycles. The molecular weight excluding hydrogens is 481 g/mol. The van der Waals surface area contributed by atoms with Gasteiger partial charge in [-0.3, -0.25) is 14.4 Å². The van der Waals surface area contributed by atoms with Gasteiger partial charge in [-0.2, -0.15) is 0 Å². The minimum Gasteiger partial charge on any atom is -0.482 e. The maximum Gasteiger partial charge on any atom is 0.261 e. The summed E-state index contributed by atoms with van der Waals surface area (Å²) in [6.07, 6.45) is 3.74. The maximum absolute atomic E-state index is 13.3. The summed E-state index contributed by atoms with van der Waals surface area (Å²) in [6, 6.07) is 3.29. The number of rotatable bonds is 8. The van der Waals surface area contributed by atoms with Crippen molar-refractivity contribution in [3.63, 3.8) is 0 Å². The van der Waals surface area contributed by atoms with Crippen LogP contribution in [0.1, 0.15) is 32.6 Å². The van der Waals surface area contributed by atoms with Crippen LogP contribution in [0.4, 0.5) is 0 Å². The summed E-state index contributed by atoms with van der Waals surface area (Å²) in [7, 11) is 0. The molecule has 6 atom stereocenters. The number of aldehydes is 1. The molecule has 3 aliphatic rings. The van der Waals surface area contributed by atoms with E-state index in [0.717, 1.165) is 19.3 Å². The Kier molecular flexibility index (Phi) is 7.67. The van der Waals surface area contributed by atoms with Crippen molar-refractivity contribution in [2.75, 3.05) is 19.7 Å². The zero-order valence-electron chi connectivity index (χ0n) is 19.0. The number of nitrogens with one attached hydrogen (secondary N) is 2. The van der Waals surface area contributed by atoms with Crippen molar-refractivity contribution in [1.29, 1.82) is 0 Å². The van der Waals surface area contributed by atoms with Crippen LogP contribution in [-0.4, -0.2) is 60.7 Å². The highest BCUT2D eigenvalue weighted by molar-refractivity contribution is 6.35. The Morgan fingerprint density at radius 2 is 2.12 bits per heavy atom. The van der Waals surface area contributed by atoms with Crippen LogP contribution in [0, 0.1) is 23.7 Å². The van der Waals surface area contributed by atoms with E-state index >= 15 is 0 Å². The summed E-state index contributed by atoms with van der Waals surface area (Å²) >= 11 is 12.0. The lowest BCUT2D eigenvalue weighted by atomic mass is 9.90. The number of ether oxygens (including phenoxy) is 1. The van der Waals surface area contributed by atoms with Gasteiger partial charge >= 0.3 is 0 Å². The van der Waals surface area contributed by atoms with Gasteiger partial charge in [0.15, 0.2) is 6.61 Å². The van der Waals surface area contributed by atoms with Crippen molar-refractivity contribution in [2.24, 2.45) is 23.7 Å². The molecule has 8 nitrogen and oxygen atoms in total. The number of likely N-dealkylation sites (tertiary alicyclic amines) is 1. The first-order valence-corrected chi connectivity index (χ1v) is 12.4. The Morgan fingerprint density at radius 1 is 1.32 bits per heavy atom. The van der Waals surface area contributed by atoms with E-state index in [4.69, 9.17) is 27.9 Å². The van der Waals surface area contributed by atoms with Gasteiger partial charge in [-0.1, -0.05) is 36.5 Å². The summed E-state index contributed by atoms with van der Waals surface area (Å²) in [5.74, 6) is -0.369. The first-order chi connectivity index (χ1) is 16.3. The van der Waals surface area contributed by atoms with Gasteiger partial charge in [-0.05, 0) is 55.2 Å². The normalized spacial score (nSPS) is 28.9. The number of hydrogen-bond acceptors (Lipinski definition) is 5. The molecule has 0 spiro atoms. The van der Waals surface area contributed by atoms with Crippen LogP contribution in [0.3, 0.4) is 0 Å². The fourth-order valence-corrected chi connectivity index (χ4v) is 6.00. The number of hydrogen-bond donors (Lipinski definition) is 2. The fraction of sp³-hybridized carbons (Fsp3) is 0.583. The third-order valence-corrected chi connectivity index (χ3v) is 7.88. The van der Waals surface area contributed by atoms with Crippen LogP contribution in [0.25, 0.3) is 0 Å². The Labute approximate surface area is 208 Å². The Morgan fingerprint density at radius 3 is 2.79 bits per heavy atom. The molecule has 184 valence electrons. The number of fused-ring (bicyclic) bond motifs is 1. The smallest absolute Gasteiger partial charge is 0.261 e. The summed E-state index contributed by atoms with van der Waals surface area (Å²) in [5.41, 5.74) is 0. The molecule has 2 aliphatic heterocycles. The molecule has 34 heavy (non-hydrogen) atoms. The van der Waals surface area contributed by atoms with Crippen LogP contribution < -0.4 is 15.4 Å². The van der Waals surface area contributed by atoms with Crippen molar-refractivity contribution in [2.45, 2.75) is 44.7 Å². The van der Waals surface area contributed by atoms with Crippen LogP contribution in [0.15, 0.2) is 18.2 Å². The van der Waals surface area contributed by atoms with E-state index in [0.29, 0.717) is 35.2 Å². The van der Waals surface area contributed by atoms with Crippen molar-refractivity contribution >= 4 is 47.2 Å². The zero-order valence-corrected chi connectivity index (χ0v) is 20.5. The molecule has 3 fully saturated rings. The lowest BCUT2D eigenvalue weighted by molar-refractivity contribution is -0.141. The molecule has 1 aromatic rings. The second-order valence-corrected chi connectivity index (χ2v) is 10.4. The molecule has 2 saturated heterocycles. The predicted molar refractivity (Wildman–Crippen MR) is 127 cm³/mol. The molecule has 10 heteroatoms. The zero-order chi connectivity index (χ0) is 24.4. The average molecular weight is 510 g/mol. The van der Waals surface area contributed by atoms with E-state index < -0.39 is 12.1 Å². The van der Waals surface area contributed by atoms with Gasteiger partial charge in [0.1, 0.15) is 18.1 Å². The molecular formula is C24H29Cl2N3O5. The number of carbonyl (C=O) groups is 4. The Bertz CT molecular complexity index is 974. The summed E-state index contributed by atoms with van der Waals surface area (Å²) in [5, 5.41) is 6.36. The van der Waals surface area contributed by atoms with E-state index in [1.165, 1.54) is 6.07 Å². The minimum absolute atomic E-state index is 0.0454. The molecule has 2 unspecified atom stereocenters. The van der Waals surface area contributed by atoms with Crippen molar-refractivity contribution in [1.82, 2.24) is 15.5 Å². The van der Waals surface area contributed by atoms with Gasteiger partial charge in [0.25, 0.3) is 5.91 Å². The highest BCUT2D eigenvalue weighted by Crippen LogP contribution is 2.42. The second kappa shape index (κ2) is 10.5. The topological polar surface area (TPSA) is 105 Å². The van der Waals surface area contributed by atoms with E-state index in [9.17, 15) is 19.2 Å². The van der Waals surface area contributed by atoms with Crippen LogP contribution in [0.2, 0.25) is 10.0 Å². The van der Waals surface area contributed by atoms with E-state index in [2.05, 4.69) is 10.6 Å². The van der Waals surface area contributed by atoms with Crippen molar-refractivity contribution < 1.29 is 23.9 Å². The number of halogens is 2. The summed E-state index contributed by atoms with van der Waals surface area (Å²) in [4.78, 5) is 51.8. The van der Waals surface area contributed by atoms with Crippen LogP contribution >= 0.6 is 23.2 Å². The number of nitrogens with zero attached hydrogens (tertiary/aromatic N) is 1. The maximum atomic E-state index is 13.3. The quantitative estimate of drug-likeness (QED) is 0.523. The molecule has 1 saturated carbocycles. The van der Waals surface area contributed by atoms with Gasteiger partial charge in [0.2, 0.25) is 11.8 Å². The first kappa shape index (κ1) is 24.8. The minimum atomic E-state index is -0.787. The number of carbonyl (C=O) groups excluding carboxylic acids is 4. The fourth-order valence-electron chi connectivity index (χ4n) is 5.54. The van der Waals surface area contributed by atoms with Crippen molar-refractivity contribution in [3.8, 4) is 5.75 Å². The second-order valence-electron chi connectivity index (χ2n) is 9.52. The lowest BCUT2D eigenvalue weighted by Gasteiger charge is -2.28. The lowest BCUT2D eigenvalue weighted by Crippen LogP contribution is -2.52. The standard InChI is InChI=1S/C24H29Cl2N3O5/c1-13-9-27-23(32)18(13)8-16(11-30)28-24(33)22-17-4-2-3-14(17)10-29(22)21(31)12-34-20-6-5-15(25)7-19(20)26/h5-7,11,13-14,16-18,22H,2-4,8-10,12H2,1H3,(H,27,32)(H,28,33)/t13?,14-,16-,17?,18+,22-/m0/s1. The number of amides is 3. The van der Waals surface area contributed by atoms with Crippen LogP contribution in [0.5, 0.6) is 5.75 Å². The van der Waals surface area contributed by atoms with Gasteiger partial charge in [0, 0.05) is 24.0 Å². The van der Waals surface area contributed by atoms with Crippen molar-refractivity contribution in [3.05, 3.63) is 28.2 Å². The molecule has 3 amide bonds. The van der Waals surface area contributed by atoms with Gasteiger partial charge < -0.3 is 25.1 Å². The van der Waals surface area contributed by atoms with E-state index in [1.807, 2.05) is 6.92 Å². The van der Waals surface area contributed by atoms with Gasteiger partial charge in [-0.15, -0.1) is 0 Å². The molecule has 0 bridgehead atoms. The molecule has 2 N–H and O–H groups in total. The third-order valence-electron chi connectivity index (χ3n) is 7.35. The van der Waals surface area contributed by atoms with Gasteiger partial charge in [-0.25, -0.2) is 0 Å². The molecule has 2 heterocycles. The molecule has 1 aliphatic carbocycles. The largest absolute Gasteiger partial charge is 0.482 e. The van der Waals surface area contributed by atoms with Crippen LogP contribution in [-0.2, 0) is 19.2 Å². The number of benzene rings is 1. The third kappa shape index (κ3) is 5.18. The SMILES string of the molecule is CC1CNC(=O)[C@@H]1C[C@@H](C=O)NC(=O)[C@@H]1C2CCC[C@H]2CN1C(=O)COc1ccc(Cl)cc1Cl. The van der Waals surface area contributed by atoms with E-state index in [1.54, 1.807) is 17.0 Å². The summed E-state index contributed by atoms with van der Waals surface area (Å²) < 4.78 is 5.62.